The number of anilines is 1. The highest BCUT2D eigenvalue weighted by atomic mass is 19.4. The monoisotopic (exact) mass is 405 g/mol. The van der Waals surface area contributed by atoms with Crippen molar-refractivity contribution in [3.8, 4) is 6.19 Å². The molecule has 2 aromatic rings. The molecular weight excluding hydrogens is 386 g/mol. The van der Waals surface area contributed by atoms with E-state index in [0.29, 0.717) is 5.69 Å². The fourth-order valence-electron chi connectivity index (χ4n) is 3.43. The summed E-state index contributed by atoms with van der Waals surface area (Å²) in [6.45, 7) is 2.16. The number of nitrogens with one attached hydrogen (secondary N) is 1. The van der Waals surface area contributed by atoms with E-state index in [1.165, 1.54) is 4.90 Å². The van der Waals surface area contributed by atoms with Gasteiger partial charge in [0, 0.05) is 32.1 Å². The number of aryl methyl sites for hydroxylation is 1. The lowest BCUT2D eigenvalue weighted by Gasteiger charge is -2.38. The van der Waals surface area contributed by atoms with Gasteiger partial charge in [-0.2, -0.15) is 18.4 Å². The third-order valence-electron chi connectivity index (χ3n) is 5.05. The molecule has 5 nitrogen and oxygen atoms in total. The van der Waals surface area contributed by atoms with Crippen molar-refractivity contribution in [2.24, 2.45) is 0 Å². The first kappa shape index (κ1) is 20.6. The molecule has 0 unspecified atom stereocenters. The highest BCUT2D eigenvalue weighted by molar-refractivity contribution is 5.96. The van der Waals surface area contributed by atoms with Crippen molar-refractivity contribution in [2.45, 2.75) is 31.6 Å². The minimum atomic E-state index is -4.48. The number of guanidine groups is 1. The molecule has 1 aromatic heterocycles. The van der Waals surface area contributed by atoms with Crippen LogP contribution in [0.3, 0.4) is 0 Å². The van der Waals surface area contributed by atoms with E-state index in [9.17, 15) is 18.4 Å². The Balaban J connectivity index is 1.72. The van der Waals surface area contributed by atoms with E-state index in [1.54, 1.807) is 25.3 Å². The number of nitrogens with zero attached hydrogens (tertiary/aromatic N) is 4. The predicted molar refractivity (Wildman–Crippen MR) is 99.8 cm³/mol. The van der Waals surface area contributed by atoms with E-state index in [1.807, 2.05) is 6.19 Å². The lowest BCUT2D eigenvalue weighted by molar-refractivity contribution is -0.137. The molecule has 1 N–H and O–H groups in total. The van der Waals surface area contributed by atoms with E-state index in [2.05, 4.69) is 4.98 Å². The van der Waals surface area contributed by atoms with Gasteiger partial charge in [-0.15, -0.1) is 0 Å². The highest BCUT2D eigenvalue weighted by Crippen LogP contribution is 2.37. The smallest absolute Gasteiger partial charge is 0.342 e. The molecule has 1 fully saturated rings. The summed E-state index contributed by atoms with van der Waals surface area (Å²) < 4.78 is 53.6. The van der Waals surface area contributed by atoms with Crippen LogP contribution >= 0.6 is 0 Å². The molecule has 152 valence electrons. The first-order valence-electron chi connectivity index (χ1n) is 8.97. The number of likely N-dealkylation sites (tertiary alicyclic amines) is 1. The van der Waals surface area contributed by atoms with Crippen molar-refractivity contribution in [1.82, 2.24) is 9.88 Å². The van der Waals surface area contributed by atoms with Crippen molar-refractivity contribution < 1.29 is 17.6 Å². The molecular formula is C20H19F4N5. The molecule has 0 amide bonds. The molecule has 2 heterocycles. The second-order valence-corrected chi connectivity index (χ2v) is 6.92. The molecule has 29 heavy (non-hydrogen) atoms. The van der Waals surface area contributed by atoms with Gasteiger partial charge in [0.2, 0.25) is 5.96 Å². The van der Waals surface area contributed by atoms with Crippen molar-refractivity contribution in [3.63, 3.8) is 0 Å². The van der Waals surface area contributed by atoms with Gasteiger partial charge in [0.15, 0.2) is 11.9 Å². The lowest BCUT2D eigenvalue weighted by atomic mass is 9.87. The minimum Gasteiger partial charge on any atom is -0.342 e. The Labute approximate surface area is 165 Å². The third kappa shape index (κ3) is 4.16. The van der Waals surface area contributed by atoms with Crippen LogP contribution in [0.15, 0.2) is 42.6 Å². The quantitative estimate of drug-likeness (QED) is 0.261. The molecule has 0 spiro atoms. The largest absolute Gasteiger partial charge is 0.416 e. The molecule has 0 bridgehead atoms. The van der Waals surface area contributed by atoms with Crippen LogP contribution in [0.25, 0.3) is 0 Å². The van der Waals surface area contributed by atoms with Gasteiger partial charge in [-0.05, 0) is 42.8 Å². The zero-order valence-corrected chi connectivity index (χ0v) is 15.7. The van der Waals surface area contributed by atoms with Crippen LogP contribution in [0.5, 0.6) is 0 Å². The van der Waals surface area contributed by atoms with Crippen LogP contribution in [-0.4, -0.2) is 28.9 Å². The Kier molecular flexibility index (Phi) is 5.46. The molecule has 0 radical (unpaired) electrons. The first-order chi connectivity index (χ1) is 13.7. The summed E-state index contributed by atoms with van der Waals surface area (Å²) in [4.78, 5) is 6.64. The van der Waals surface area contributed by atoms with Crippen LogP contribution < -0.4 is 4.90 Å². The molecule has 1 aliphatic rings. The number of piperidine rings is 1. The maximum atomic E-state index is 15.4. The van der Waals surface area contributed by atoms with Gasteiger partial charge < -0.3 is 4.90 Å². The maximum Gasteiger partial charge on any atom is 0.416 e. The number of hydrogen-bond acceptors (Lipinski definition) is 3. The van der Waals surface area contributed by atoms with Crippen LogP contribution in [-0.2, 0) is 11.8 Å². The summed E-state index contributed by atoms with van der Waals surface area (Å²) in [5.41, 5.74) is -1.18. The van der Waals surface area contributed by atoms with E-state index in [4.69, 9.17) is 5.41 Å². The predicted octanol–water partition coefficient (Wildman–Crippen LogP) is 4.59. The summed E-state index contributed by atoms with van der Waals surface area (Å²) in [6.07, 6.45) is -0.932. The van der Waals surface area contributed by atoms with Gasteiger partial charge in [-0.25, -0.2) is 9.29 Å². The van der Waals surface area contributed by atoms with Crippen LogP contribution in [0, 0.1) is 23.8 Å². The zero-order valence-electron chi connectivity index (χ0n) is 15.7. The standard InChI is InChI=1S/C20H19F4N5/c1-14-3-2-10-27-17(14)19(21)8-11-28(12-9-19)18(26)29(13-25)16-6-4-15(5-7-16)20(22,23)24/h2-7,10,26H,8-9,11-12H2,1H3. The van der Waals surface area contributed by atoms with Gasteiger partial charge >= 0.3 is 6.18 Å². The number of aromatic nitrogens is 1. The van der Waals surface area contributed by atoms with Crippen molar-refractivity contribution >= 4 is 11.6 Å². The number of rotatable bonds is 2. The van der Waals surface area contributed by atoms with Gasteiger partial charge in [-0.1, -0.05) is 6.07 Å². The molecule has 0 saturated carbocycles. The average Bonchev–Trinajstić information content (AvgIpc) is 2.69. The molecule has 1 aromatic carbocycles. The lowest BCUT2D eigenvalue weighted by Crippen LogP contribution is -2.48. The Morgan fingerprint density at radius 1 is 1.21 bits per heavy atom. The topological polar surface area (TPSA) is 67.0 Å². The highest BCUT2D eigenvalue weighted by Gasteiger charge is 2.40. The van der Waals surface area contributed by atoms with E-state index < -0.39 is 17.4 Å². The Morgan fingerprint density at radius 3 is 2.34 bits per heavy atom. The fraction of sp³-hybridized carbons (Fsp3) is 0.350. The second-order valence-electron chi connectivity index (χ2n) is 6.92. The summed E-state index contributed by atoms with van der Waals surface area (Å²) in [5.74, 6) is -0.202. The summed E-state index contributed by atoms with van der Waals surface area (Å²) in [6, 6.07) is 7.53. The molecule has 1 saturated heterocycles. The van der Waals surface area contributed by atoms with Crippen molar-refractivity contribution in [2.75, 3.05) is 18.0 Å². The van der Waals surface area contributed by atoms with E-state index in [-0.39, 0.29) is 37.6 Å². The number of nitriles is 1. The Morgan fingerprint density at radius 2 is 1.83 bits per heavy atom. The van der Waals surface area contributed by atoms with E-state index in [0.717, 1.165) is 34.7 Å². The first-order valence-corrected chi connectivity index (χ1v) is 8.97. The molecule has 0 atom stereocenters. The van der Waals surface area contributed by atoms with E-state index >= 15 is 4.39 Å². The molecule has 9 heteroatoms. The second kappa shape index (κ2) is 7.70. The summed E-state index contributed by atoms with van der Waals surface area (Å²) in [5, 5.41) is 17.7. The Bertz CT molecular complexity index is 925. The molecule has 1 aliphatic heterocycles. The minimum absolute atomic E-state index is 0.0967. The van der Waals surface area contributed by atoms with Crippen molar-refractivity contribution in [3.05, 3.63) is 59.4 Å². The number of hydrogen-bond donors (Lipinski definition) is 1. The summed E-state index contributed by atoms with van der Waals surface area (Å²) >= 11 is 0. The normalized spacial score (nSPS) is 16.2. The third-order valence-corrected chi connectivity index (χ3v) is 5.05. The van der Waals surface area contributed by atoms with Gasteiger partial charge in [0.25, 0.3) is 0 Å². The van der Waals surface area contributed by atoms with Crippen LogP contribution in [0.1, 0.15) is 29.7 Å². The van der Waals surface area contributed by atoms with Gasteiger partial charge in [-0.3, -0.25) is 10.4 Å². The molecule has 0 aliphatic carbocycles. The number of halogens is 4. The average molecular weight is 405 g/mol. The number of alkyl halides is 4. The number of pyridine rings is 1. The van der Waals surface area contributed by atoms with Gasteiger partial charge in [0.1, 0.15) is 0 Å². The van der Waals surface area contributed by atoms with Crippen molar-refractivity contribution in [1.29, 1.82) is 10.7 Å². The van der Waals surface area contributed by atoms with Gasteiger partial charge in [0.05, 0.1) is 16.9 Å². The fourth-order valence-corrected chi connectivity index (χ4v) is 3.43. The zero-order chi connectivity index (χ0) is 21.2. The Hall–Kier alpha value is -3.15. The molecule has 3 rings (SSSR count). The van der Waals surface area contributed by atoms with Crippen LogP contribution in [0.4, 0.5) is 23.2 Å². The number of benzene rings is 1. The summed E-state index contributed by atoms with van der Waals surface area (Å²) in [7, 11) is 0. The SMILES string of the molecule is Cc1cccnc1C1(F)CCN(C(=N)N(C#N)c2ccc(C(F)(F)F)cc2)CC1. The maximum absolute atomic E-state index is 15.4. The van der Waals surface area contributed by atoms with Crippen LogP contribution in [0.2, 0.25) is 0 Å².